The van der Waals surface area contributed by atoms with Crippen molar-refractivity contribution in [2.24, 2.45) is 5.92 Å². The monoisotopic (exact) mass is 387 g/mol. The lowest BCUT2D eigenvalue weighted by atomic mass is 10.0. The number of aryl methyl sites for hydroxylation is 1. The Bertz CT molecular complexity index is 840. The Hall–Kier alpha value is -2.27. The van der Waals surface area contributed by atoms with Crippen molar-refractivity contribution in [2.45, 2.75) is 44.6 Å². The first-order valence-electron chi connectivity index (χ1n) is 9.17. The van der Waals surface area contributed by atoms with Gasteiger partial charge in [-0.3, -0.25) is 4.31 Å². The fourth-order valence-electron chi connectivity index (χ4n) is 2.90. The highest BCUT2D eigenvalue weighted by molar-refractivity contribution is 7.92. The first-order valence-corrected chi connectivity index (χ1v) is 10.6. The number of rotatable bonds is 9. The zero-order chi connectivity index (χ0) is 20.0. The molecule has 4 nitrogen and oxygen atoms in total. The molecular formula is C22H29NO3S. The number of anilines is 1. The Labute approximate surface area is 163 Å². The molecule has 2 rings (SSSR count). The van der Waals surface area contributed by atoms with Gasteiger partial charge in [-0.2, -0.15) is 0 Å². The summed E-state index contributed by atoms with van der Waals surface area (Å²) in [5.74, 6) is 1.10. The van der Waals surface area contributed by atoms with Crippen LogP contribution in [0.1, 0.15) is 32.3 Å². The van der Waals surface area contributed by atoms with Crippen LogP contribution in [-0.2, 0) is 10.0 Å². The summed E-state index contributed by atoms with van der Waals surface area (Å²) in [5.41, 5.74) is 1.72. The molecule has 0 amide bonds. The highest BCUT2D eigenvalue weighted by Crippen LogP contribution is 2.30. The van der Waals surface area contributed by atoms with E-state index in [1.54, 1.807) is 37.5 Å². The summed E-state index contributed by atoms with van der Waals surface area (Å²) in [5, 5.41) is 0. The number of methoxy groups -OCH3 is 1. The molecule has 0 fully saturated rings. The summed E-state index contributed by atoms with van der Waals surface area (Å²) in [4.78, 5) is 0.236. The van der Waals surface area contributed by atoms with Crippen LogP contribution < -0.4 is 9.04 Å². The van der Waals surface area contributed by atoms with Gasteiger partial charge in [0.2, 0.25) is 0 Å². The molecule has 0 saturated heterocycles. The van der Waals surface area contributed by atoms with Crippen molar-refractivity contribution in [1.82, 2.24) is 0 Å². The third-order valence-electron chi connectivity index (χ3n) is 4.52. The maximum absolute atomic E-state index is 13.5. The van der Waals surface area contributed by atoms with Crippen molar-refractivity contribution in [3.8, 4) is 5.75 Å². The van der Waals surface area contributed by atoms with Gasteiger partial charge in [-0.1, -0.05) is 37.6 Å². The molecule has 0 radical (unpaired) electrons. The molecule has 0 N–H and O–H groups in total. The quantitative estimate of drug-likeness (QED) is 0.556. The molecule has 1 unspecified atom stereocenters. The van der Waals surface area contributed by atoms with E-state index < -0.39 is 10.0 Å². The van der Waals surface area contributed by atoms with Gasteiger partial charge in [0.15, 0.2) is 0 Å². The molecule has 0 heterocycles. The molecule has 27 heavy (non-hydrogen) atoms. The van der Waals surface area contributed by atoms with Gasteiger partial charge < -0.3 is 4.74 Å². The van der Waals surface area contributed by atoms with Gasteiger partial charge in [-0.15, -0.1) is 6.58 Å². The van der Waals surface area contributed by atoms with Crippen molar-refractivity contribution in [3.05, 3.63) is 66.7 Å². The van der Waals surface area contributed by atoms with Gasteiger partial charge in [0.1, 0.15) is 5.75 Å². The molecule has 0 aliphatic rings. The first kappa shape index (κ1) is 21.0. The number of benzene rings is 2. The van der Waals surface area contributed by atoms with E-state index >= 15 is 0 Å². The van der Waals surface area contributed by atoms with E-state index in [9.17, 15) is 8.42 Å². The highest BCUT2D eigenvalue weighted by atomic mass is 32.2. The molecule has 2 aromatic rings. The fraction of sp³-hybridized carbons (Fsp3) is 0.364. The van der Waals surface area contributed by atoms with E-state index in [4.69, 9.17) is 4.74 Å². The Kier molecular flexibility index (Phi) is 7.08. The minimum atomic E-state index is -3.74. The van der Waals surface area contributed by atoms with Gasteiger partial charge in [0.25, 0.3) is 10.0 Å². The Balaban J connectivity index is 2.51. The van der Waals surface area contributed by atoms with Crippen LogP contribution >= 0.6 is 0 Å². The minimum Gasteiger partial charge on any atom is -0.497 e. The average Bonchev–Trinajstić information content (AvgIpc) is 2.66. The van der Waals surface area contributed by atoms with Crippen molar-refractivity contribution in [2.75, 3.05) is 11.4 Å². The molecule has 146 valence electrons. The van der Waals surface area contributed by atoms with Crippen molar-refractivity contribution >= 4 is 15.7 Å². The zero-order valence-corrected chi connectivity index (χ0v) is 17.4. The predicted octanol–water partition coefficient (Wildman–Crippen LogP) is 5.19. The highest BCUT2D eigenvalue weighted by Gasteiger charge is 2.30. The van der Waals surface area contributed by atoms with E-state index in [2.05, 4.69) is 20.4 Å². The van der Waals surface area contributed by atoms with Gasteiger partial charge in [0, 0.05) is 0 Å². The average molecular weight is 388 g/mol. The van der Waals surface area contributed by atoms with Crippen molar-refractivity contribution in [1.29, 1.82) is 0 Å². The second-order valence-corrected chi connectivity index (χ2v) is 8.90. The molecule has 0 aromatic heterocycles. The van der Waals surface area contributed by atoms with E-state index in [-0.39, 0.29) is 10.9 Å². The predicted molar refractivity (Wildman–Crippen MR) is 112 cm³/mol. The van der Waals surface area contributed by atoms with Gasteiger partial charge in [-0.05, 0) is 62.1 Å². The van der Waals surface area contributed by atoms with E-state index in [0.717, 1.165) is 12.0 Å². The van der Waals surface area contributed by atoms with Crippen molar-refractivity contribution in [3.63, 3.8) is 0 Å². The van der Waals surface area contributed by atoms with Crippen LogP contribution in [-0.4, -0.2) is 21.6 Å². The molecule has 0 aliphatic heterocycles. The zero-order valence-electron chi connectivity index (χ0n) is 16.6. The Morgan fingerprint density at radius 1 is 1.04 bits per heavy atom. The van der Waals surface area contributed by atoms with Crippen LogP contribution in [0.5, 0.6) is 5.75 Å². The Morgan fingerprint density at radius 2 is 1.63 bits per heavy atom. The van der Waals surface area contributed by atoms with Gasteiger partial charge >= 0.3 is 0 Å². The summed E-state index contributed by atoms with van der Waals surface area (Å²) in [6.45, 7) is 10.2. The third-order valence-corrected chi connectivity index (χ3v) is 6.39. The largest absolute Gasteiger partial charge is 0.497 e. The molecule has 0 saturated carbocycles. The van der Waals surface area contributed by atoms with E-state index in [1.807, 2.05) is 31.2 Å². The molecule has 5 heteroatoms. The lowest BCUT2D eigenvalue weighted by molar-refractivity contribution is 0.414. The second kappa shape index (κ2) is 9.09. The van der Waals surface area contributed by atoms with Crippen LogP contribution in [0.3, 0.4) is 0 Å². The van der Waals surface area contributed by atoms with Gasteiger partial charge in [-0.25, -0.2) is 8.42 Å². The van der Waals surface area contributed by atoms with Crippen LogP contribution in [0.4, 0.5) is 5.69 Å². The van der Waals surface area contributed by atoms with Crippen LogP contribution in [0.2, 0.25) is 0 Å². The maximum atomic E-state index is 13.5. The molecule has 0 aliphatic carbocycles. The molecule has 0 bridgehead atoms. The van der Waals surface area contributed by atoms with E-state index in [0.29, 0.717) is 23.8 Å². The lowest BCUT2D eigenvalue weighted by Gasteiger charge is -2.31. The standard InChI is InChI=1S/C22H29NO3S/c1-6-19(10-7-17(2)3)23(20-11-8-18(4)9-12-20)27(24,25)22-15-13-21(26-5)14-16-22/h6,8-9,11-17,19H,1,7,10H2,2-5H3. The first-order chi connectivity index (χ1) is 12.8. The SMILES string of the molecule is C=CC(CCC(C)C)N(c1ccc(C)cc1)S(=O)(=O)c1ccc(OC)cc1. The minimum absolute atomic E-state index is 0.236. The smallest absolute Gasteiger partial charge is 0.264 e. The normalized spacial score (nSPS) is 12.6. The van der Waals surface area contributed by atoms with Crippen LogP contribution in [0.15, 0.2) is 66.1 Å². The molecule has 1 atom stereocenters. The van der Waals surface area contributed by atoms with E-state index in [1.165, 1.54) is 4.31 Å². The second-order valence-electron chi connectivity index (χ2n) is 7.09. The van der Waals surface area contributed by atoms with Crippen LogP contribution in [0.25, 0.3) is 0 Å². The fourth-order valence-corrected chi connectivity index (χ4v) is 4.55. The number of ether oxygens (including phenoxy) is 1. The summed E-state index contributed by atoms with van der Waals surface area (Å²) >= 11 is 0. The lowest BCUT2D eigenvalue weighted by Crippen LogP contribution is -2.39. The summed E-state index contributed by atoms with van der Waals surface area (Å²) in [6.07, 6.45) is 3.35. The number of hydrogen-bond donors (Lipinski definition) is 0. The summed E-state index contributed by atoms with van der Waals surface area (Å²) in [6, 6.07) is 13.7. The van der Waals surface area contributed by atoms with Crippen LogP contribution in [0, 0.1) is 12.8 Å². The number of sulfonamides is 1. The number of hydrogen-bond acceptors (Lipinski definition) is 3. The molecule has 0 spiro atoms. The molecule has 2 aromatic carbocycles. The maximum Gasteiger partial charge on any atom is 0.264 e. The topological polar surface area (TPSA) is 46.6 Å². The summed E-state index contributed by atoms with van der Waals surface area (Å²) in [7, 11) is -2.19. The number of nitrogens with zero attached hydrogens (tertiary/aromatic N) is 1. The third kappa shape index (κ3) is 5.13. The van der Waals surface area contributed by atoms with Crippen molar-refractivity contribution < 1.29 is 13.2 Å². The molecular weight excluding hydrogens is 358 g/mol. The Morgan fingerprint density at radius 3 is 2.11 bits per heavy atom. The van der Waals surface area contributed by atoms with Gasteiger partial charge in [0.05, 0.1) is 23.7 Å². The summed E-state index contributed by atoms with van der Waals surface area (Å²) < 4.78 is 33.6.